The summed E-state index contributed by atoms with van der Waals surface area (Å²) in [4.78, 5) is 33.4. The van der Waals surface area contributed by atoms with Gasteiger partial charge in [0, 0.05) is 28.8 Å². The number of para-hydroxylation sites is 1. The van der Waals surface area contributed by atoms with Crippen LogP contribution in [0.4, 0.5) is 5.69 Å². The summed E-state index contributed by atoms with van der Waals surface area (Å²) < 4.78 is 1.53. The Morgan fingerprint density at radius 2 is 1.61 bits per heavy atom. The van der Waals surface area contributed by atoms with Crippen molar-refractivity contribution in [3.63, 3.8) is 0 Å². The molecule has 1 amide bonds. The molecule has 0 radical (unpaired) electrons. The first-order valence-corrected chi connectivity index (χ1v) is 11.9. The number of carbonyl (C=O) groups excluding carboxylic acids is 2. The highest BCUT2D eigenvalue weighted by molar-refractivity contribution is 6.04. The summed E-state index contributed by atoms with van der Waals surface area (Å²) in [5, 5.41) is 14.0. The summed E-state index contributed by atoms with van der Waals surface area (Å²) >= 11 is 0. The van der Waals surface area contributed by atoms with Gasteiger partial charge >= 0.3 is 0 Å². The van der Waals surface area contributed by atoms with E-state index < -0.39 is 0 Å². The number of tetrazole rings is 1. The maximum absolute atomic E-state index is 12.9. The molecule has 2 aromatic heterocycles. The number of fused-ring (bicyclic) bond motifs is 1. The van der Waals surface area contributed by atoms with E-state index in [2.05, 4.69) is 30.8 Å². The van der Waals surface area contributed by atoms with Crippen LogP contribution in [0.25, 0.3) is 28.1 Å². The topological polar surface area (TPSA) is 118 Å². The zero-order chi connectivity index (χ0) is 25.9. The Morgan fingerprint density at radius 3 is 2.34 bits per heavy atom. The number of anilines is 1. The number of benzene rings is 4. The summed E-state index contributed by atoms with van der Waals surface area (Å²) in [6, 6.07) is 29.5. The average Bonchev–Trinajstić information content (AvgIpc) is 3.64. The molecule has 6 aromatic rings. The summed E-state index contributed by atoms with van der Waals surface area (Å²) in [5.74, 6) is 0.528. The summed E-state index contributed by atoms with van der Waals surface area (Å²) in [5.41, 5.74) is 6.08. The molecule has 0 spiro atoms. The second kappa shape index (κ2) is 9.90. The lowest BCUT2D eigenvalue weighted by Gasteiger charge is -2.05. The highest BCUT2D eigenvalue weighted by Gasteiger charge is 2.12. The second-order valence-corrected chi connectivity index (χ2v) is 8.74. The Kier molecular flexibility index (Phi) is 5.99. The standard InChI is InChI=1S/C29H21N7O2/c37-27(20-11-13-24(14-12-20)36-18-30-34-35-36)17-19-6-15-25-26(16-19)33-28(32-25)21-7-9-22(10-8-21)29(38)31-23-4-2-1-3-5-23/h1-16,18H,17H2,(H,31,38)(H,32,33). The third kappa shape index (κ3) is 4.80. The van der Waals surface area contributed by atoms with Gasteiger partial charge in [-0.2, -0.15) is 0 Å². The third-order valence-electron chi connectivity index (χ3n) is 6.17. The van der Waals surface area contributed by atoms with E-state index >= 15 is 0 Å². The van der Waals surface area contributed by atoms with Gasteiger partial charge in [0.25, 0.3) is 5.91 Å². The van der Waals surface area contributed by atoms with Crippen LogP contribution in [0, 0.1) is 0 Å². The monoisotopic (exact) mass is 499 g/mol. The Balaban J connectivity index is 1.15. The molecule has 38 heavy (non-hydrogen) atoms. The lowest BCUT2D eigenvalue weighted by atomic mass is 10.0. The molecule has 0 fully saturated rings. The highest BCUT2D eigenvalue weighted by atomic mass is 16.1. The van der Waals surface area contributed by atoms with Crippen molar-refractivity contribution < 1.29 is 9.59 Å². The van der Waals surface area contributed by atoms with Gasteiger partial charge in [0.2, 0.25) is 0 Å². The molecule has 0 saturated carbocycles. The van der Waals surface area contributed by atoms with Crippen LogP contribution in [0.2, 0.25) is 0 Å². The molecule has 9 heteroatoms. The van der Waals surface area contributed by atoms with Crippen molar-refractivity contribution in [2.24, 2.45) is 0 Å². The van der Waals surface area contributed by atoms with Gasteiger partial charge in [0.05, 0.1) is 16.7 Å². The van der Waals surface area contributed by atoms with Gasteiger partial charge in [-0.05, 0) is 76.7 Å². The van der Waals surface area contributed by atoms with Crippen LogP contribution in [0.3, 0.4) is 0 Å². The van der Waals surface area contributed by atoms with Crippen LogP contribution >= 0.6 is 0 Å². The van der Waals surface area contributed by atoms with Crippen molar-refractivity contribution >= 4 is 28.4 Å². The Bertz CT molecular complexity index is 1720. The van der Waals surface area contributed by atoms with Crippen molar-refractivity contribution in [3.05, 3.63) is 120 Å². The summed E-state index contributed by atoms with van der Waals surface area (Å²) in [7, 11) is 0. The maximum atomic E-state index is 12.9. The first-order chi connectivity index (χ1) is 18.6. The van der Waals surface area contributed by atoms with Crippen LogP contribution in [0.15, 0.2) is 103 Å². The van der Waals surface area contributed by atoms with Gasteiger partial charge in [0.15, 0.2) is 5.78 Å². The van der Waals surface area contributed by atoms with Crippen LogP contribution in [-0.4, -0.2) is 41.9 Å². The molecule has 4 aromatic carbocycles. The number of nitrogens with one attached hydrogen (secondary N) is 2. The van der Waals surface area contributed by atoms with Crippen LogP contribution in [0.5, 0.6) is 0 Å². The minimum atomic E-state index is -0.174. The molecule has 0 aliphatic carbocycles. The summed E-state index contributed by atoms with van der Waals surface area (Å²) in [6.45, 7) is 0. The predicted octanol–water partition coefficient (Wildman–Crippen LogP) is 4.88. The van der Waals surface area contributed by atoms with E-state index in [1.165, 1.54) is 11.0 Å². The number of rotatable bonds is 7. The van der Waals surface area contributed by atoms with Crippen LogP contribution in [-0.2, 0) is 6.42 Å². The molecule has 6 rings (SSSR count). The molecule has 0 aliphatic rings. The minimum absolute atomic E-state index is 0.0109. The molecule has 9 nitrogen and oxygen atoms in total. The van der Waals surface area contributed by atoms with Crippen LogP contribution < -0.4 is 5.32 Å². The molecule has 2 heterocycles. The molecule has 0 aliphatic heterocycles. The highest BCUT2D eigenvalue weighted by Crippen LogP contribution is 2.23. The molecule has 0 unspecified atom stereocenters. The minimum Gasteiger partial charge on any atom is -0.338 e. The number of Topliss-reactive ketones (excluding diaryl/α,β-unsaturated/α-hetero) is 1. The number of hydrogen-bond acceptors (Lipinski definition) is 6. The zero-order valence-electron chi connectivity index (χ0n) is 20.1. The number of aromatic nitrogens is 6. The van der Waals surface area contributed by atoms with Gasteiger partial charge in [-0.1, -0.05) is 36.4 Å². The maximum Gasteiger partial charge on any atom is 0.255 e. The van der Waals surface area contributed by atoms with E-state index in [0.29, 0.717) is 17.0 Å². The Morgan fingerprint density at radius 1 is 0.842 bits per heavy atom. The number of nitrogens with zero attached hydrogens (tertiary/aromatic N) is 5. The molecule has 184 valence electrons. The van der Waals surface area contributed by atoms with Crippen molar-refractivity contribution in [1.29, 1.82) is 0 Å². The van der Waals surface area contributed by atoms with Crippen LogP contribution in [0.1, 0.15) is 26.3 Å². The fraction of sp³-hybridized carbons (Fsp3) is 0.0345. The molecular formula is C29H21N7O2. The largest absolute Gasteiger partial charge is 0.338 e. The summed E-state index contributed by atoms with van der Waals surface area (Å²) in [6.07, 6.45) is 1.77. The molecular weight excluding hydrogens is 478 g/mol. The lowest BCUT2D eigenvalue weighted by Crippen LogP contribution is -2.11. The van der Waals surface area contributed by atoms with E-state index in [9.17, 15) is 9.59 Å². The Labute approximate surface area is 217 Å². The fourth-order valence-corrected chi connectivity index (χ4v) is 4.17. The lowest BCUT2D eigenvalue weighted by molar-refractivity contribution is 0.0991. The predicted molar refractivity (Wildman–Crippen MR) is 143 cm³/mol. The number of carbonyl (C=O) groups is 2. The average molecular weight is 500 g/mol. The normalized spacial score (nSPS) is 10.9. The third-order valence-corrected chi connectivity index (χ3v) is 6.17. The smallest absolute Gasteiger partial charge is 0.255 e. The fourth-order valence-electron chi connectivity index (χ4n) is 4.17. The number of H-pyrrole nitrogens is 1. The molecule has 0 bridgehead atoms. The number of aromatic amines is 1. The van der Waals surface area contributed by atoms with Gasteiger partial charge < -0.3 is 10.3 Å². The van der Waals surface area contributed by atoms with E-state index in [-0.39, 0.29) is 18.1 Å². The second-order valence-electron chi connectivity index (χ2n) is 8.74. The molecule has 0 atom stereocenters. The SMILES string of the molecule is O=C(Cc1ccc2nc(-c3ccc(C(=O)Nc4ccccc4)cc3)[nH]c2c1)c1ccc(-n2cnnn2)cc1. The first-order valence-electron chi connectivity index (χ1n) is 11.9. The number of ketones is 1. The van der Waals surface area contributed by atoms with E-state index in [0.717, 1.165) is 33.5 Å². The quantitative estimate of drug-likeness (QED) is 0.302. The number of imidazole rings is 1. The van der Waals surface area contributed by atoms with Crippen molar-refractivity contribution in [3.8, 4) is 17.1 Å². The number of amides is 1. The molecule has 0 saturated heterocycles. The first kappa shape index (κ1) is 23.0. The Hall–Kier alpha value is -5.44. The van der Waals surface area contributed by atoms with E-state index in [1.54, 1.807) is 24.3 Å². The van der Waals surface area contributed by atoms with Gasteiger partial charge in [-0.25, -0.2) is 9.67 Å². The molecule has 2 N–H and O–H groups in total. The van der Waals surface area contributed by atoms with Gasteiger partial charge in [-0.15, -0.1) is 5.10 Å². The van der Waals surface area contributed by atoms with E-state index in [4.69, 9.17) is 0 Å². The van der Waals surface area contributed by atoms with Crippen molar-refractivity contribution in [1.82, 2.24) is 30.2 Å². The van der Waals surface area contributed by atoms with Gasteiger partial charge in [0.1, 0.15) is 12.2 Å². The zero-order valence-corrected chi connectivity index (χ0v) is 20.1. The number of hydrogen-bond donors (Lipinski definition) is 2. The van der Waals surface area contributed by atoms with E-state index in [1.807, 2.05) is 72.8 Å². The van der Waals surface area contributed by atoms with Gasteiger partial charge in [-0.3, -0.25) is 9.59 Å². The van der Waals surface area contributed by atoms with Crippen molar-refractivity contribution in [2.45, 2.75) is 6.42 Å². The van der Waals surface area contributed by atoms with Crippen molar-refractivity contribution in [2.75, 3.05) is 5.32 Å².